The van der Waals surface area contributed by atoms with Gasteiger partial charge in [0, 0.05) is 18.1 Å². The molecular weight excluding hydrogens is 148 g/mol. The van der Waals surface area contributed by atoms with Gasteiger partial charge in [0.05, 0.1) is 0 Å². The van der Waals surface area contributed by atoms with Crippen molar-refractivity contribution < 1.29 is 0 Å². The third-order valence-corrected chi connectivity index (χ3v) is 3.38. The van der Waals surface area contributed by atoms with Gasteiger partial charge >= 0.3 is 0 Å². The van der Waals surface area contributed by atoms with E-state index in [1.54, 1.807) is 0 Å². The summed E-state index contributed by atoms with van der Waals surface area (Å²) < 4.78 is 0. The SMILES string of the molecule is CCC(N)(CC)CN1CCC1C. The monoisotopic (exact) mass is 170 g/mol. The van der Waals surface area contributed by atoms with Crippen LogP contribution in [0.4, 0.5) is 0 Å². The summed E-state index contributed by atoms with van der Waals surface area (Å²) in [6, 6.07) is 0.769. The summed E-state index contributed by atoms with van der Waals surface area (Å²) >= 11 is 0. The van der Waals surface area contributed by atoms with E-state index in [1.165, 1.54) is 13.0 Å². The molecular formula is C10H22N2. The Morgan fingerprint density at radius 1 is 1.42 bits per heavy atom. The number of nitrogens with two attached hydrogens (primary N) is 1. The summed E-state index contributed by atoms with van der Waals surface area (Å²) in [4.78, 5) is 2.49. The first-order valence-electron chi connectivity index (χ1n) is 5.14. The zero-order valence-corrected chi connectivity index (χ0v) is 8.64. The van der Waals surface area contributed by atoms with Crippen molar-refractivity contribution in [2.24, 2.45) is 5.73 Å². The molecule has 72 valence electrons. The van der Waals surface area contributed by atoms with Crippen molar-refractivity contribution in [3.8, 4) is 0 Å². The minimum atomic E-state index is 0.0642. The molecule has 0 radical (unpaired) electrons. The molecule has 1 atom stereocenters. The summed E-state index contributed by atoms with van der Waals surface area (Å²) in [5.41, 5.74) is 6.29. The van der Waals surface area contributed by atoms with Gasteiger partial charge in [0.2, 0.25) is 0 Å². The number of hydrogen-bond acceptors (Lipinski definition) is 2. The number of nitrogens with zero attached hydrogens (tertiary/aromatic N) is 1. The molecule has 1 rings (SSSR count). The number of likely N-dealkylation sites (tertiary alicyclic amines) is 1. The van der Waals surface area contributed by atoms with E-state index in [4.69, 9.17) is 5.73 Å². The maximum Gasteiger partial charge on any atom is 0.0278 e. The standard InChI is InChI=1S/C10H22N2/c1-4-10(11,5-2)8-12-7-6-9(12)3/h9H,4-8,11H2,1-3H3. The second-order valence-corrected chi connectivity index (χ2v) is 4.18. The molecule has 0 aliphatic carbocycles. The molecule has 1 heterocycles. The molecule has 12 heavy (non-hydrogen) atoms. The molecule has 1 aliphatic heterocycles. The van der Waals surface area contributed by atoms with Gasteiger partial charge in [-0.2, -0.15) is 0 Å². The normalized spacial score (nSPS) is 25.5. The maximum absolute atomic E-state index is 6.23. The molecule has 0 aromatic heterocycles. The predicted octanol–water partition coefficient (Wildman–Crippen LogP) is 1.60. The van der Waals surface area contributed by atoms with Crippen molar-refractivity contribution in [1.29, 1.82) is 0 Å². The van der Waals surface area contributed by atoms with Gasteiger partial charge < -0.3 is 5.73 Å². The Balaban J connectivity index is 2.36. The highest BCUT2D eigenvalue weighted by molar-refractivity contribution is 4.90. The topological polar surface area (TPSA) is 29.3 Å². The Bertz CT molecular complexity index is 141. The van der Waals surface area contributed by atoms with Crippen molar-refractivity contribution >= 4 is 0 Å². The largest absolute Gasteiger partial charge is 0.324 e. The van der Waals surface area contributed by atoms with Crippen LogP contribution in [0.1, 0.15) is 40.0 Å². The minimum Gasteiger partial charge on any atom is -0.324 e. The lowest BCUT2D eigenvalue weighted by atomic mass is 9.91. The lowest BCUT2D eigenvalue weighted by molar-refractivity contribution is 0.0717. The van der Waals surface area contributed by atoms with Gasteiger partial charge in [0.1, 0.15) is 0 Å². The Morgan fingerprint density at radius 3 is 2.25 bits per heavy atom. The zero-order chi connectivity index (χ0) is 9.19. The Morgan fingerprint density at radius 2 is 2.00 bits per heavy atom. The van der Waals surface area contributed by atoms with Crippen LogP contribution < -0.4 is 5.73 Å². The molecule has 0 bridgehead atoms. The first-order valence-corrected chi connectivity index (χ1v) is 5.14. The van der Waals surface area contributed by atoms with Crippen molar-refractivity contribution in [2.45, 2.75) is 51.6 Å². The zero-order valence-electron chi connectivity index (χ0n) is 8.64. The molecule has 2 heteroatoms. The van der Waals surface area contributed by atoms with Crippen LogP contribution >= 0.6 is 0 Å². The smallest absolute Gasteiger partial charge is 0.0278 e. The van der Waals surface area contributed by atoms with E-state index in [1.807, 2.05) is 0 Å². The average molecular weight is 170 g/mol. The Kier molecular flexibility index (Phi) is 3.13. The van der Waals surface area contributed by atoms with Crippen LogP contribution in [0.5, 0.6) is 0 Å². The van der Waals surface area contributed by atoms with Crippen LogP contribution in [0.2, 0.25) is 0 Å². The summed E-state index contributed by atoms with van der Waals surface area (Å²) in [5, 5.41) is 0. The van der Waals surface area contributed by atoms with E-state index in [0.717, 1.165) is 25.4 Å². The Labute approximate surface area is 76.1 Å². The van der Waals surface area contributed by atoms with Crippen LogP contribution in [-0.4, -0.2) is 29.6 Å². The van der Waals surface area contributed by atoms with E-state index < -0.39 is 0 Å². The van der Waals surface area contributed by atoms with Gasteiger partial charge in [-0.3, -0.25) is 4.90 Å². The third kappa shape index (κ3) is 1.99. The minimum absolute atomic E-state index is 0.0642. The summed E-state index contributed by atoms with van der Waals surface area (Å²) in [7, 11) is 0. The molecule has 0 aromatic rings. The number of hydrogen-bond donors (Lipinski definition) is 1. The molecule has 1 fully saturated rings. The second kappa shape index (κ2) is 3.75. The van der Waals surface area contributed by atoms with Crippen LogP contribution in [-0.2, 0) is 0 Å². The van der Waals surface area contributed by atoms with Crippen molar-refractivity contribution in [1.82, 2.24) is 4.90 Å². The highest BCUT2D eigenvalue weighted by atomic mass is 15.2. The second-order valence-electron chi connectivity index (χ2n) is 4.18. The van der Waals surface area contributed by atoms with E-state index in [0.29, 0.717) is 0 Å². The van der Waals surface area contributed by atoms with Crippen molar-refractivity contribution in [3.63, 3.8) is 0 Å². The van der Waals surface area contributed by atoms with E-state index in [9.17, 15) is 0 Å². The van der Waals surface area contributed by atoms with E-state index in [-0.39, 0.29) is 5.54 Å². The molecule has 0 spiro atoms. The van der Waals surface area contributed by atoms with Crippen LogP contribution in [0.15, 0.2) is 0 Å². The van der Waals surface area contributed by atoms with Crippen molar-refractivity contribution in [3.05, 3.63) is 0 Å². The van der Waals surface area contributed by atoms with E-state index in [2.05, 4.69) is 25.7 Å². The van der Waals surface area contributed by atoms with Gasteiger partial charge in [-0.05, 0) is 32.7 Å². The molecule has 2 nitrogen and oxygen atoms in total. The highest BCUT2D eigenvalue weighted by Crippen LogP contribution is 2.21. The van der Waals surface area contributed by atoms with Gasteiger partial charge in [-0.15, -0.1) is 0 Å². The molecule has 1 aliphatic rings. The summed E-state index contributed by atoms with van der Waals surface area (Å²) in [5.74, 6) is 0. The van der Waals surface area contributed by atoms with Crippen LogP contribution in [0.25, 0.3) is 0 Å². The molecule has 0 aromatic carbocycles. The molecule has 0 saturated carbocycles. The van der Waals surface area contributed by atoms with Crippen LogP contribution in [0, 0.1) is 0 Å². The molecule has 0 amide bonds. The Hall–Kier alpha value is -0.0800. The van der Waals surface area contributed by atoms with Gasteiger partial charge in [-0.1, -0.05) is 13.8 Å². The molecule has 2 N–H and O–H groups in total. The van der Waals surface area contributed by atoms with E-state index >= 15 is 0 Å². The molecule has 1 saturated heterocycles. The van der Waals surface area contributed by atoms with Gasteiger partial charge in [-0.25, -0.2) is 0 Å². The fourth-order valence-electron chi connectivity index (χ4n) is 1.68. The van der Waals surface area contributed by atoms with Gasteiger partial charge in [0.25, 0.3) is 0 Å². The fraction of sp³-hybridized carbons (Fsp3) is 1.00. The fourth-order valence-corrected chi connectivity index (χ4v) is 1.68. The quantitative estimate of drug-likeness (QED) is 0.694. The number of rotatable bonds is 4. The highest BCUT2D eigenvalue weighted by Gasteiger charge is 2.30. The average Bonchev–Trinajstić information content (AvgIpc) is 2.11. The lowest BCUT2D eigenvalue weighted by Gasteiger charge is -2.44. The van der Waals surface area contributed by atoms with Crippen molar-refractivity contribution in [2.75, 3.05) is 13.1 Å². The van der Waals surface area contributed by atoms with Gasteiger partial charge in [0.15, 0.2) is 0 Å². The lowest BCUT2D eigenvalue weighted by Crippen LogP contribution is -2.56. The third-order valence-electron chi connectivity index (χ3n) is 3.38. The first kappa shape index (κ1) is 10.0. The first-order chi connectivity index (χ1) is 5.61. The van der Waals surface area contributed by atoms with Crippen LogP contribution in [0.3, 0.4) is 0 Å². The summed E-state index contributed by atoms with van der Waals surface area (Å²) in [6.07, 6.45) is 3.53. The maximum atomic E-state index is 6.23. The molecule has 1 unspecified atom stereocenters. The summed E-state index contributed by atoms with van der Waals surface area (Å²) in [6.45, 7) is 9.00. The predicted molar refractivity (Wildman–Crippen MR) is 53.2 cm³/mol.